The molecule has 1 heteroatoms. The fraction of sp³-hybridized carbons (Fsp3) is 0.571. The minimum Gasteiger partial charge on any atom is -0.392 e. The van der Waals surface area contributed by atoms with E-state index in [1.807, 2.05) is 0 Å². The summed E-state index contributed by atoms with van der Waals surface area (Å²) in [6.45, 7) is 0.169. The number of fused-ring (bicyclic) bond motifs is 1. The fourth-order valence-electron chi connectivity index (χ4n) is 4.48. The van der Waals surface area contributed by atoms with Gasteiger partial charge in [0.1, 0.15) is 0 Å². The predicted molar refractivity (Wildman–Crippen MR) is 58.4 cm³/mol. The van der Waals surface area contributed by atoms with Crippen molar-refractivity contribution in [3.05, 3.63) is 35.4 Å². The number of aliphatic hydroxyl groups excluding tert-OH is 1. The Morgan fingerprint density at radius 2 is 2.07 bits per heavy atom. The Balaban J connectivity index is 1.72. The first kappa shape index (κ1) is 8.35. The van der Waals surface area contributed by atoms with E-state index in [1.54, 1.807) is 5.56 Å². The number of hydrogen-bond acceptors (Lipinski definition) is 1. The van der Waals surface area contributed by atoms with Gasteiger partial charge in [-0.25, -0.2) is 0 Å². The summed E-state index contributed by atoms with van der Waals surface area (Å²) in [5, 5.41) is 9.03. The monoisotopic (exact) mass is 200 g/mol. The van der Waals surface area contributed by atoms with E-state index in [0.717, 1.165) is 23.3 Å². The quantitative estimate of drug-likeness (QED) is 0.777. The van der Waals surface area contributed by atoms with Crippen LogP contribution in [0.25, 0.3) is 0 Å². The molecule has 1 nitrogen and oxygen atoms in total. The molecule has 0 radical (unpaired) electrons. The third-order valence-electron chi connectivity index (χ3n) is 5.25. The normalized spacial score (nSPS) is 44.7. The van der Waals surface area contributed by atoms with Crippen molar-refractivity contribution in [3.8, 4) is 0 Å². The Hall–Kier alpha value is -0.820. The highest BCUT2D eigenvalue weighted by Crippen LogP contribution is 2.81. The van der Waals surface area contributed by atoms with Gasteiger partial charge >= 0.3 is 0 Å². The molecular weight excluding hydrogens is 184 g/mol. The lowest BCUT2D eigenvalue weighted by molar-refractivity contribution is 0.267. The second-order valence-electron chi connectivity index (χ2n) is 5.56. The first-order valence-electron chi connectivity index (χ1n) is 6.06. The first-order valence-corrected chi connectivity index (χ1v) is 6.06. The van der Waals surface area contributed by atoms with Gasteiger partial charge in [-0.2, -0.15) is 0 Å². The zero-order valence-corrected chi connectivity index (χ0v) is 8.82. The highest BCUT2D eigenvalue weighted by molar-refractivity contribution is 5.44. The minimum absolute atomic E-state index is 0.169. The van der Waals surface area contributed by atoms with E-state index < -0.39 is 0 Å². The van der Waals surface area contributed by atoms with Crippen molar-refractivity contribution in [2.24, 2.45) is 17.8 Å². The molecule has 78 valence electrons. The summed E-state index contributed by atoms with van der Waals surface area (Å²) in [6, 6.07) is 8.70. The van der Waals surface area contributed by atoms with E-state index in [2.05, 4.69) is 24.3 Å². The highest BCUT2D eigenvalue weighted by atomic mass is 16.3. The fourth-order valence-corrected chi connectivity index (χ4v) is 4.48. The summed E-state index contributed by atoms with van der Waals surface area (Å²) >= 11 is 0. The van der Waals surface area contributed by atoms with Crippen LogP contribution in [0.2, 0.25) is 0 Å². The molecular formula is C14H16O. The number of rotatable bonds is 2. The Bertz CT molecular complexity index is 406. The molecule has 3 aliphatic rings. The standard InChI is InChI=1S/C14H16O/c15-8-9-1-3-11(4-2-9)14-6-5-10-7-12(14)13(10)14/h1-4,10,12-13,15H,5-8H2. The van der Waals surface area contributed by atoms with Crippen molar-refractivity contribution in [2.75, 3.05) is 0 Å². The molecule has 3 fully saturated rings. The summed E-state index contributed by atoms with van der Waals surface area (Å²) < 4.78 is 0. The third-order valence-corrected chi connectivity index (χ3v) is 5.25. The van der Waals surface area contributed by atoms with Gasteiger partial charge in [-0.15, -0.1) is 0 Å². The van der Waals surface area contributed by atoms with Crippen molar-refractivity contribution >= 4 is 0 Å². The van der Waals surface area contributed by atoms with Gasteiger partial charge in [0.15, 0.2) is 0 Å². The van der Waals surface area contributed by atoms with E-state index >= 15 is 0 Å². The summed E-state index contributed by atoms with van der Waals surface area (Å²) in [4.78, 5) is 0. The van der Waals surface area contributed by atoms with Gasteiger partial charge < -0.3 is 5.11 Å². The number of hydrogen-bond donors (Lipinski definition) is 1. The van der Waals surface area contributed by atoms with Gasteiger partial charge in [0.2, 0.25) is 0 Å². The van der Waals surface area contributed by atoms with E-state index in [-0.39, 0.29) is 6.61 Å². The average Bonchev–Trinajstić information content (AvgIpc) is 2.67. The van der Waals surface area contributed by atoms with E-state index in [0.29, 0.717) is 5.41 Å². The van der Waals surface area contributed by atoms with Crippen LogP contribution in [0.1, 0.15) is 30.4 Å². The molecule has 4 unspecified atom stereocenters. The van der Waals surface area contributed by atoms with Crippen LogP contribution in [-0.4, -0.2) is 5.11 Å². The maximum atomic E-state index is 9.03. The molecule has 1 aromatic carbocycles. The van der Waals surface area contributed by atoms with Gasteiger partial charge in [0.05, 0.1) is 6.61 Å². The molecule has 0 aromatic heterocycles. The minimum atomic E-state index is 0.169. The molecule has 0 bridgehead atoms. The molecule has 0 heterocycles. The molecule has 15 heavy (non-hydrogen) atoms. The lowest BCUT2D eigenvalue weighted by Gasteiger charge is -2.25. The van der Waals surface area contributed by atoms with Crippen molar-refractivity contribution in [3.63, 3.8) is 0 Å². The van der Waals surface area contributed by atoms with Gasteiger partial charge in [0, 0.05) is 5.41 Å². The second kappa shape index (κ2) is 2.46. The molecule has 0 saturated heterocycles. The maximum absolute atomic E-state index is 9.03. The zero-order chi connectivity index (χ0) is 10.0. The summed E-state index contributed by atoms with van der Waals surface area (Å²) in [5.74, 6) is 3.13. The molecule has 0 aliphatic heterocycles. The molecule has 0 amide bonds. The van der Waals surface area contributed by atoms with Crippen LogP contribution in [0.15, 0.2) is 24.3 Å². The number of benzene rings is 1. The lowest BCUT2D eigenvalue weighted by atomic mass is 9.80. The van der Waals surface area contributed by atoms with E-state index in [1.165, 1.54) is 19.3 Å². The van der Waals surface area contributed by atoms with Gasteiger partial charge in [0.25, 0.3) is 0 Å². The van der Waals surface area contributed by atoms with Crippen LogP contribution in [-0.2, 0) is 12.0 Å². The smallest absolute Gasteiger partial charge is 0.0681 e. The van der Waals surface area contributed by atoms with Gasteiger partial charge in [-0.05, 0) is 48.1 Å². The maximum Gasteiger partial charge on any atom is 0.0681 e. The Morgan fingerprint density at radius 3 is 2.53 bits per heavy atom. The molecule has 4 rings (SSSR count). The first-order chi connectivity index (χ1) is 7.36. The molecule has 3 saturated carbocycles. The Labute approximate surface area is 90.1 Å². The lowest BCUT2D eigenvalue weighted by Crippen LogP contribution is -2.16. The molecule has 4 atom stereocenters. The summed E-state index contributed by atoms with van der Waals surface area (Å²) in [6.07, 6.45) is 4.38. The van der Waals surface area contributed by atoms with Crippen molar-refractivity contribution in [1.82, 2.24) is 0 Å². The van der Waals surface area contributed by atoms with Crippen LogP contribution < -0.4 is 0 Å². The van der Waals surface area contributed by atoms with Crippen molar-refractivity contribution < 1.29 is 5.11 Å². The van der Waals surface area contributed by atoms with Crippen molar-refractivity contribution in [2.45, 2.75) is 31.3 Å². The number of aliphatic hydroxyl groups is 1. The van der Waals surface area contributed by atoms with Crippen LogP contribution in [0.3, 0.4) is 0 Å². The van der Waals surface area contributed by atoms with Gasteiger partial charge in [-0.1, -0.05) is 24.3 Å². The van der Waals surface area contributed by atoms with Crippen LogP contribution in [0.5, 0.6) is 0 Å². The van der Waals surface area contributed by atoms with Crippen LogP contribution >= 0.6 is 0 Å². The highest BCUT2D eigenvalue weighted by Gasteiger charge is 2.77. The van der Waals surface area contributed by atoms with Gasteiger partial charge in [-0.3, -0.25) is 0 Å². The topological polar surface area (TPSA) is 20.2 Å². The zero-order valence-electron chi connectivity index (χ0n) is 8.82. The Morgan fingerprint density at radius 1 is 1.27 bits per heavy atom. The average molecular weight is 200 g/mol. The molecule has 3 aliphatic carbocycles. The molecule has 0 spiro atoms. The molecule has 1 N–H and O–H groups in total. The van der Waals surface area contributed by atoms with E-state index in [9.17, 15) is 0 Å². The SMILES string of the molecule is OCc1ccc(C23CCC4CC2C43)cc1. The Kier molecular flexibility index (Phi) is 1.37. The molecule has 1 aromatic rings. The predicted octanol–water partition coefficient (Wildman–Crippen LogP) is 2.48. The second-order valence-corrected chi connectivity index (χ2v) is 5.56. The summed E-state index contributed by atoms with van der Waals surface area (Å²) in [7, 11) is 0. The largest absolute Gasteiger partial charge is 0.392 e. The summed E-state index contributed by atoms with van der Waals surface area (Å²) in [5.41, 5.74) is 3.19. The van der Waals surface area contributed by atoms with Crippen molar-refractivity contribution in [1.29, 1.82) is 0 Å². The van der Waals surface area contributed by atoms with Crippen LogP contribution in [0, 0.1) is 17.8 Å². The van der Waals surface area contributed by atoms with E-state index in [4.69, 9.17) is 5.11 Å². The third kappa shape index (κ3) is 0.807. The van der Waals surface area contributed by atoms with Crippen LogP contribution in [0.4, 0.5) is 0 Å².